The lowest BCUT2D eigenvalue weighted by atomic mass is 10.1. The van der Waals surface area contributed by atoms with E-state index in [9.17, 15) is 10.1 Å². The first-order chi connectivity index (χ1) is 19.4. The number of benzene rings is 4. The maximum Gasteiger partial charge on any atom is 0.266 e. The number of nitrogens with one attached hydrogen (secondary N) is 1. The van der Waals surface area contributed by atoms with Crippen molar-refractivity contribution >= 4 is 40.9 Å². The van der Waals surface area contributed by atoms with E-state index in [0.29, 0.717) is 51.8 Å². The molecule has 6 nitrogen and oxygen atoms in total. The molecule has 0 heterocycles. The minimum absolute atomic E-state index is 0.0573. The van der Waals surface area contributed by atoms with Crippen LogP contribution in [0.5, 0.6) is 17.2 Å². The molecule has 0 unspecified atom stereocenters. The van der Waals surface area contributed by atoms with Crippen LogP contribution in [0.15, 0.2) is 96.6 Å². The average molecular weight is 573 g/mol. The first-order valence-electron chi connectivity index (χ1n) is 12.5. The Bertz CT molecular complexity index is 1530. The van der Waals surface area contributed by atoms with Gasteiger partial charge in [0.15, 0.2) is 11.5 Å². The smallest absolute Gasteiger partial charge is 0.266 e. The number of carbonyl (C=O) groups excluding carboxylic acids is 1. The number of nitriles is 1. The van der Waals surface area contributed by atoms with Crippen molar-refractivity contribution in [2.45, 2.75) is 20.1 Å². The second-order valence-electron chi connectivity index (χ2n) is 8.59. The fraction of sp³-hybridized carbons (Fsp3) is 0.125. The van der Waals surface area contributed by atoms with Gasteiger partial charge in [0.2, 0.25) is 0 Å². The average Bonchev–Trinajstić information content (AvgIpc) is 2.96. The second kappa shape index (κ2) is 14.1. The highest BCUT2D eigenvalue weighted by molar-refractivity contribution is 6.35. The largest absolute Gasteiger partial charge is 0.490 e. The number of amides is 1. The van der Waals surface area contributed by atoms with E-state index in [-0.39, 0.29) is 12.2 Å². The summed E-state index contributed by atoms with van der Waals surface area (Å²) in [6, 6.07) is 29.1. The summed E-state index contributed by atoms with van der Waals surface area (Å²) in [4.78, 5) is 12.8. The Labute approximate surface area is 243 Å². The summed E-state index contributed by atoms with van der Waals surface area (Å²) in [5, 5.41) is 13.5. The topological polar surface area (TPSA) is 80.6 Å². The van der Waals surface area contributed by atoms with E-state index in [1.165, 1.54) is 6.08 Å². The van der Waals surface area contributed by atoms with Crippen molar-refractivity contribution in [2.75, 3.05) is 11.9 Å². The standard InChI is InChI=1S/C32H26Cl2N2O4/c1-2-38-31-17-23(8-15-30(31)40-20-22-6-4-3-5-7-22)16-25(19-35)32(37)36-27-11-13-28(14-12-27)39-21-24-9-10-26(33)18-29(24)34/h3-18H,2,20-21H2,1H3,(H,36,37)/b25-16+. The molecule has 0 aliphatic rings. The van der Waals surface area contributed by atoms with Crippen molar-refractivity contribution < 1.29 is 19.0 Å². The Morgan fingerprint density at radius 1 is 0.875 bits per heavy atom. The van der Waals surface area contributed by atoms with Crippen molar-refractivity contribution in [1.82, 2.24) is 0 Å². The molecule has 0 bridgehead atoms. The molecule has 4 aromatic carbocycles. The quantitative estimate of drug-likeness (QED) is 0.145. The van der Waals surface area contributed by atoms with E-state index < -0.39 is 5.91 Å². The fourth-order valence-corrected chi connectivity index (χ4v) is 4.15. The molecule has 0 radical (unpaired) electrons. The fourth-order valence-electron chi connectivity index (χ4n) is 3.69. The van der Waals surface area contributed by atoms with E-state index >= 15 is 0 Å². The van der Waals surface area contributed by atoms with E-state index in [1.807, 2.05) is 43.3 Å². The minimum atomic E-state index is -0.536. The van der Waals surface area contributed by atoms with Gasteiger partial charge in [-0.15, -0.1) is 0 Å². The third kappa shape index (κ3) is 8.03. The van der Waals surface area contributed by atoms with E-state index in [4.69, 9.17) is 37.4 Å². The highest BCUT2D eigenvalue weighted by Crippen LogP contribution is 2.30. The molecule has 40 heavy (non-hydrogen) atoms. The first kappa shape index (κ1) is 28.6. The summed E-state index contributed by atoms with van der Waals surface area (Å²) >= 11 is 12.1. The lowest BCUT2D eigenvalue weighted by Crippen LogP contribution is -2.13. The molecule has 0 aliphatic heterocycles. The van der Waals surface area contributed by atoms with Gasteiger partial charge in [0.25, 0.3) is 5.91 Å². The maximum atomic E-state index is 12.8. The van der Waals surface area contributed by atoms with E-state index in [0.717, 1.165) is 11.1 Å². The van der Waals surface area contributed by atoms with Gasteiger partial charge < -0.3 is 19.5 Å². The minimum Gasteiger partial charge on any atom is -0.490 e. The zero-order valence-corrected chi connectivity index (χ0v) is 23.2. The molecule has 0 atom stereocenters. The van der Waals surface area contributed by atoms with Crippen molar-refractivity contribution in [2.24, 2.45) is 0 Å². The van der Waals surface area contributed by atoms with Crippen molar-refractivity contribution in [3.8, 4) is 23.3 Å². The Hall–Kier alpha value is -4.44. The molecule has 0 aliphatic carbocycles. The predicted molar refractivity (Wildman–Crippen MR) is 158 cm³/mol. The summed E-state index contributed by atoms with van der Waals surface area (Å²) < 4.78 is 17.5. The normalized spacial score (nSPS) is 10.9. The van der Waals surface area contributed by atoms with Crippen LogP contribution in [-0.4, -0.2) is 12.5 Å². The Morgan fingerprint density at radius 2 is 1.65 bits per heavy atom. The van der Waals surface area contributed by atoms with Crippen LogP contribution in [0.3, 0.4) is 0 Å². The summed E-state index contributed by atoms with van der Waals surface area (Å²) in [7, 11) is 0. The van der Waals surface area contributed by atoms with Crippen LogP contribution in [0.25, 0.3) is 6.08 Å². The number of ether oxygens (including phenoxy) is 3. The zero-order chi connectivity index (χ0) is 28.3. The molecule has 0 spiro atoms. The first-order valence-corrected chi connectivity index (χ1v) is 13.2. The Balaban J connectivity index is 1.39. The Morgan fingerprint density at radius 3 is 2.35 bits per heavy atom. The maximum absolute atomic E-state index is 12.8. The van der Waals surface area contributed by atoms with Crippen molar-refractivity contribution in [1.29, 1.82) is 5.26 Å². The van der Waals surface area contributed by atoms with Crippen LogP contribution in [0.1, 0.15) is 23.6 Å². The lowest BCUT2D eigenvalue weighted by molar-refractivity contribution is -0.112. The summed E-state index contributed by atoms with van der Waals surface area (Å²) in [6.07, 6.45) is 1.51. The number of hydrogen-bond acceptors (Lipinski definition) is 5. The summed E-state index contributed by atoms with van der Waals surface area (Å²) in [5.74, 6) is 1.16. The van der Waals surface area contributed by atoms with E-state index in [1.54, 1.807) is 60.7 Å². The molecule has 4 aromatic rings. The van der Waals surface area contributed by atoms with Crippen LogP contribution in [-0.2, 0) is 18.0 Å². The third-order valence-corrected chi connectivity index (χ3v) is 6.29. The van der Waals surface area contributed by atoms with Gasteiger partial charge in [-0.05, 0) is 72.7 Å². The molecule has 1 amide bonds. The van der Waals surface area contributed by atoms with Crippen LogP contribution in [0, 0.1) is 11.3 Å². The molecular weight excluding hydrogens is 547 g/mol. The SMILES string of the molecule is CCOc1cc(/C=C(\C#N)C(=O)Nc2ccc(OCc3ccc(Cl)cc3Cl)cc2)ccc1OCc1ccccc1. The summed E-state index contributed by atoms with van der Waals surface area (Å²) in [5.41, 5.74) is 2.92. The predicted octanol–water partition coefficient (Wildman–Crippen LogP) is 8.10. The molecule has 1 N–H and O–H groups in total. The van der Waals surface area contributed by atoms with Gasteiger partial charge in [0, 0.05) is 21.3 Å². The molecule has 8 heteroatoms. The molecule has 0 aromatic heterocycles. The summed E-state index contributed by atoms with van der Waals surface area (Å²) in [6.45, 7) is 2.97. The van der Waals surface area contributed by atoms with Crippen LogP contribution >= 0.6 is 23.2 Å². The molecular formula is C32H26Cl2N2O4. The van der Waals surface area contributed by atoms with Crippen LogP contribution < -0.4 is 19.5 Å². The number of nitrogens with zero attached hydrogens (tertiary/aromatic N) is 1. The van der Waals surface area contributed by atoms with Crippen LogP contribution in [0.2, 0.25) is 10.0 Å². The molecule has 202 valence electrons. The van der Waals surface area contributed by atoms with Crippen molar-refractivity contribution in [3.63, 3.8) is 0 Å². The molecule has 0 saturated heterocycles. The molecule has 0 fully saturated rings. The second-order valence-corrected chi connectivity index (χ2v) is 9.43. The number of halogens is 2. The van der Waals surface area contributed by atoms with Crippen molar-refractivity contribution in [3.05, 3.63) is 123 Å². The number of hydrogen-bond donors (Lipinski definition) is 1. The highest BCUT2D eigenvalue weighted by Gasteiger charge is 2.12. The van der Waals surface area contributed by atoms with Gasteiger partial charge in [-0.3, -0.25) is 4.79 Å². The van der Waals surface area contributed by atoms with Gasteiger partial charge in [-0.1, -0.05) is 65.7 Å². The van der Waals surface area contributed by atoms with Gasteiger partial charge in [-0.25, -0.2) is 0 Å². The van der Waals surface area contributed by atoms with Gasteiger partial charge in [0.1, 0.15) is 30.6 Å². The van der Waals surface area contributed by atoms with Gasteiger partial charge >= 0.3 is 0 Å². The monoisotopic (exact) mass is 572 g/mol. The van der Waals surface area contributed by atoms with Gasteiger partial charge in [-0.2, -0.15) is 5.26 Å². The highest BCUT2D eigenvalue weighted by atomic mass is 35.5. The molecule has 0 saturated carbocycles. The van der Waals surface area contributed by atoms with E-state index in [2.05, 4.69) is 5.32 Å². The third-order valence-electron chi connectivity index (χ3n) is 5.70. The lowest BCUT2D eigenvalue weighted by Gasteiger charge is -2.13. The van der Waals surface area contributed by atoms with Crippen LogP contribution in [0.4, 0.5) is 5.69 Å². The number of carbonyl (C=O) groups is 1. The number of anilines is 1. The Kier molecular flexibility index (Phi) is 10.1. The molecule has 4 rings (SSSR count). The number of rotatable bonds is 11. The van der Waals surface area contributed by atoms with Gasteiger partial charge in [0.05, 0.1) is 6.61 Å². The zero-order valence-electron chi connectivity index (χ0n) is 21.7.